The normalized spacial score (nSPS) is 18.9. The van der Waals surface area contributed by atoms with Crippen molar-refractivity contribution in [1.29, 1.82) is 0 Å². The summed E-state index contributed by atoms with van der Waals surface area (Å²) in [5.41, 5.74) is -1.10. The maximum absolute atomic E-state index is 13.3. The Morgan fingerprint density at radius 3 is 2.76 bits per heavy atom. The van der Waals surface area contributed by atoms with E-state index in [1.165, 1.54) is 36.2 Å². The van der Waals surface area contributed by atoms with Crippen LogP contribution in [0, 0.1) is 0 Å². The lowest BCUT2D eigenvalue weighted by Crippen LogP contribution is -2.48. The average molecular weight is 540 g/mol. The van der Waals surface area contributed by atoms with Gasteiger partial charge in [0.05, 0.1) is 24.9 Å². The number of halogens is 3. The van der Waals surface area contributed by atoms with E-state index in [4.69, 9.17) is 14.9 Å². The second-order valence-electron chi connectivity index (χ2n) is 9.32. The van der Waals surface area contributed by atoms with Crippen LogP contribution in [0.25, 0.3) is 0 Å². The molecule has 1 fully saturated rings. The van der Waals surface area contributed by atoms with E-state index in [1.807, 2.05) is 10.2 Å². The van der Waals surface area contributed by atoms with Gasteiger partial charge >= 0.3 is 12.2 Å². The number of aliphatic hydroxyl groups is 3. The fraction of sp³-hybridized carbons (Fsp3) is 0.478. The van der Waals surface area contributed by atoms with Gasteiger partial charge in [0, 0.05) is 25.4 Å². The molecule has 5 N–H and O–H groups in total. The van der Waals surface area contributed by atoms with Gasteiger partial charge in [-0.3, -0.25) is 15.0 Å². The van der Waals surface area contributed by atoms with E-state index < -0.39 is 43.0 Å². The molecule has 1 saturated heterocycles. The second kappa shape index (κ2) is 10.6. The van der Waals surface area contributed by atoms with E-state index in [0.717, 1.165) is 0 Å². The number of amides is 3. The van der Waals surface area contributed by atoms with Crippen molar-refractivity contribution in [2.75, 3.05) is 48.0 Å². The van der Waals surface area contributed by atoms with Gasteiger partial charge < -0.3 is 30.3 Å². The minimum absolute atomic E-state index is 0.133. The minimum Gasteiger partial charge on any atom is -0.490 e. The quantitative estimate of drug-likeness (QED) is 0.328. The molecule has 206 valence electrons. The number of anilines is 3. The maximum atomic E-state index is 13.3. The van der Waals surface area contributed by atoms with Crippen LogP contribution in [0.3, 0.4) is 0 Å². The Bertz CT molecular complexity index is 1200. The maximum Gasteiger partial charge on any atom is 0.416 e. The Hall–Kier alpha value is -3.69. The average Bonchev–Trinajstić information content (AvgIpc) is 3.29. The number of ether oxygens (including phenoxy) is 1. The Balaban J connectivity index is 1.51. The Morgan fingerprint density at radius 1 is 1.29 bits per heavy atom. The predicted molar refractivity (Wildman–Crippen MR) is 128 cm³/mol. The topological polar surface area (TPSA) is 160 Å². The van der Waals surface area contributed by atoms with Crippen LogP contribution in [-0.2, 0) is 0 Å². The molecule has 4 rings (SSSR count). The number of pyridine rings is 2. The summed E-state index contributed by atoms with van der Waals surface area (Å²) in [5.74, 6) is -0.359. The number of nitrogens with zero attached hydrogens (tertiary/aromatic N) is 4. The van der Waals surface area contributed by atoms with Gasteiger partial charge in [-0.15, -0.1) is 0 Å². The van der Waals surface area contributed by atoms with Gasteiger partial charge in [-0.25, -0.2) is 14.8 Å². The molecule has 12 nitrogen and oxygen atoms in total. The first-order valence-corrected chi connectivity index (χ1v) is 11.7. The number of fused-ring (bicyclic) bond motifs is 4. The third kappa shape index (κ3) is 6.06. The van der Waals surface area contributed by atoms with E-state index in [-0.39, 0.29) is 35.7 Å². The summed E-state index contributed by atoms with van der Waals surface area (Å²) >= 11 is 0. The molecule has 4 heterocycles. The van der Waals surface area contributed by atoms with Gasteiger partial charge in [0.25, 0.3) is 5.91 Å². The highest BCUT2D eigenvalue weighted by atomic mass is 19.4. The smallest absolute Gasteiger partial charge is 0.416 e. The molecule has 2 bridgehead atoms. The highest BCUT2D eigenvalue weighted by molar-refractivity contribution is 6.05. The summed E-state index contributed by atoms with van der Waals surface area (Å²) in [6.07, 6.45) is -5.60. The molecule has 2 aromatic rings. The number of nitrogens with one attached hydrogen (secondary N) is 2. The van der Waals surface area contributed by atoms with Crippen molar-refractivity contribution < 1.29 is 42.8 Å². The van der Waals surface area contributed by atoms with Crippen molar-refractivity contribution in [2.45, 2.75) is 37.3 Å². The van der Waals surface area contributed by atoms with E-state index in [9.17, 15) is 27.9 Å². The largest absolute Gasteiger partial charge is 0.490 e. The summed E-state index contributed by atoms with van der Waals surface area (Å²) in [7, 11) is 0. The van der Waals surface area contributed by atoms with Gasteiger partial charge in [-0.05, 0) is 31.5 Å². The highest BCUT2D eigenvalue weighted by Gasteiger charge is 2.41. The van der Waals surface area contributed by atoms with Crippen molar-refractivity contribution in [1.82, 2.24) is 15.3 Å². The first kappa shape index (κ1) is 27.3. The lowest BCUT2D eigenvalue weighted by atomic mass is 10.1. The fourth-order valence-electron chi connectivity index (χ4n) is 4.02. The molecule has 0 spiro atoms. The Morgan fingerprint density at radius 2 is 2.05 bits per heavy atom. The number of alkyl halides is 3. The molecule has 0 aliphatic carbocycles. The molecule has 2 aromatic heterocycles. The van der Waals surface area contributed by atoms with Gasteiger partial charge in [0.15, 0.2) is 11.9 Å². The van der Waals surface area contributed by atoms with Crippen LogP contribution in [0.4, 0.5) is 35.3 Å². The predicted octanol–water partition coefficient (Wildman–Crippen LogP) is 0.882. The molecular weight excluding hydrogens is 513 g/mol. The van der Waals surface area contributed by atoms with Crippen molar-refractivity contribution in [3.63, 3.8) is 0 Å². The monoisotopic (exact) mass is 540 g/mol. The SMILES string of the molecule is C[C@@](O)(CO)COc1ccnc(NC(=O)N2c3nc(C(=O)NC[C@H](O)C(F)(F)F)ccc3N3CCC2C3)c1. The van der Waals surface area contributed by atoms with Crippen molar-refractivity contribution in [2.24, 2.45) is 0 Å². The van der Waals surface area contributed by atoms with Gasteiger partial charge in [-0.2, -0.15) is 13.2 Å². The number of aliphatic hydroxyl groups excluding tert-OH is 2. The zero-order valence-electron chi connectivity index (χ0n) is 20.3. The summed E-state index contributed by atoms with van der Waals surface area (Å²) in [6, 6.07) is 4.98. The zero-order chi connectivity index (χ0) is 27.7. The number of rotatable bonds is 8. The van der Waals surface area contributed by atoms with Gasteiger partial charge in [0.1, 0.15) is 29.5 Å². The van der Waals surface area contributed by atoms with Crippen LogP contribution in [0.15, 0.2) is 30.5 Å². The van der Waals surface area contributed by atoms with Crippen LogP contribution in [0.1, 0.15) is 23.8 Å². The van der Waals surface area contributed by atoms with Crippen molar-refractivity contribution in [3.8, 4) is 5.75 Å². The number of urea groups is 1. The van der Waals surface area contributed by atoms with E-state index in [2.05, 4.69) is 15.3 Å². The summed E-state index contributed by atoms with van der Waals surface area (Å²) in [5, 5.41) is 32.9. The number of hydrogen-bond donors (Lipinski definition) is 5. The van der Waals surface area contributed by atoms with Gasteiger partial charge in [0.2, 0.25) is 0 Å². The molecule has 3 amide bonds. The van der Waals surface area contributed by atoms with E-state index >= 15 is 0 Å². The lowest BCUT2D eigenvalue weighted by Gasteiger charge is -2.35. The van der Waals surface area contributed by atoms with Crippen molar-refractivity contribution >= 4 is 29.3 Å². The lowest BCUT2D eigenvalue weighted by molar-refractivity contribution is -0.201. The van der Waals surface area contributed by atoms with E-state index in [1.54, 1.807) is 6.07 Å². The summed E-state index contributed by atoms with van der Waals surface area (Å²) in [6.45, 7) is 0.807. The Kier molecular flexibility index (Phi) is 7.62. The first-order valence-electron chi connectivity index (χ1n) is 11.7. The summed E-state index contributed by atoms with van der Waals surface area (Å²) < 4.78 is 43.2. The van der Waals surface area contributed by atoms with Crippen LogP contribution >= 0.6 is 0 Å². The molecule has 2 aliphatic heterocycles. The van der Waals surface area contributed by atoms with Crippen LogP contribution < -0.4 is 25.2 Å². The first-order chi connectivity index (χ1) is 17.9. The third-order valence-corrected chi connectivity index (χ3v) is 6.09. The molecule has 0 saturated carbocycles. The molecule has 0 aromatic carbocycles. The van der Waals surface area contributed by atoms with E-state index in [0.29, 0.717) is 25.2 Å². The van der Waals surface area contributed by atoms with Crippen LogP contribution in [0.2, 0.25) is 0 Å². The molecule has 38 heavy (non-hydrogen) atoms. The van der Waals surface area contributed by atoms with Gasteiger partial charge in [-0.1, -0.05) is 0 Å². The second-order valence-corrected chi connectivity index (χ2v) is 9.32. The number of carbonyl (C=O) groups is 2. The minimum atomic E-state index is -4.88. The van der Waals surface area contributed by atoms with Crippen molar-refractivity contribution in [3.05, 3.63) is 36.2 Å². The number of hydrogen-bond acceptors (Lipinski definition) is 9. The Labute approximate surface area is 215 Å². The molecule has 0 radical (unpaired) electrons. The molecule has 1 unspecified atom stereocenters. The highest BCUT2D eigenvalue weighted by Crippen LogP contribution is 2.39. The molecule has 2 aliphatic rings. The third-order valence-electron chi connectivity index (χ3n) is 6.09. The number of carbonyl (C=O) groups excluding carboxylic acids is 2. The number of aromatic nitrogens is 2. The summed E-state index contributed by atoms with van der Waals surface area (Å²) in [4.78, 5) is 37.5. The molecule has 15 heteroatoms. The molecular formula is C23H27F3N6O6. The zero-order valence-corrected chi connectivity index (χ0v) is 20.3. The van der Waals surface area contributed by atoms with Crippen LogP contribution in [-0.4, -0.2) is 94.0 Å². The molecule has 3 atom stereocenters. The van der Waals surface area contributed by atoms with Crippen LogP contribution in [0.5, 0.6) is 5.75 Å². The standard InChI is InChI=1S/C23H27F3N6O6/c1-22(37,11-33)12-38-14-4-6-27-18(8-14)30-21(36)32-13-5-7-31(10-13)16-3-2-15(29-19(16)32)20(35)28-9-17(34)23(24,25)26/h2-4,6,8,13,17,33-34,37H,5,7,9-12H2,1H3,(H,28,35)(H,27,30,36)/t13?,17-,22+/m0/s1. The fourth-order valence-corrected chi connectivity index (χ4v) is 4.02.